The van der Waals surface area contributed by atoms with Gasteiger partial charge in [0.05, 0.1) is 17.3 Å². The summed E-state index contributed by atoms with van der Waals surface area (Å²) in [5.41, 5.74) is 7.64. The van der Waals surface area contributed by atoms with Crippen LogP contribution in [0, 0.1) is 11.3 Å². The molecule has 0 aliphatic carbocycles. The van der Waals surface area contributed by atoms with Gasteiger partial charge in [0.1, 0.15) is 12.4 Å². The average molecular weight is 259 g/mol. The molecule has 18 heavy (non-hydrogen) atoms. The zero-order valence-corrected chi connectivity index (χ0v) is 10.3. The van der Waals surface area contributed by atoms with Crippen molar-refractivity contribution < 1.29 is 4.74 Å². The third-order valence-corrected chi connectivity index (χ3v) is 2.85. The number of benzene rings is 2. The van der Waals surface area contributed by atoms with E-state index in [1.165, 1.54) is 0 Å². The molecule has 0 saturated heterocycles. The number of nitriles is 1. The summed E-state index contributed by atoms with van der Waals surface area (Å²) in [6.07, 6.45) is 0. The number of nitrogens with two attached hydrogens (primary N) is 1. The van der Waals surface area contributed by atoms with Crippen LogP contribution in [0.5, 0.6) is 5.75 Å². The second-order valence-electron chi connectivity index (χ2n) is 3.74. The Labute approximate surface area is 110 Å². The summed E-state index contributed by atoms with van der Waals surface area (Å²) < 4.78 is 5.58. The van der Waals surface area contributed by atoms with Gasteiger partial charge in [-0.15, -0.1) is 0 Å². The molecule has 0 heterocycles. The maximum absolute atomic E-state index is 8.73. The lowest BCUT2D eigenvalue weighted by Crippen LogP contribution is -1.99. The molecule has 0 aliphatic heterocycles. The van der Waals surface area contributed by atoms with Crippen molar-refractivity contribution in [1.82, 2.24) is 0 Å². The van der Waals surface area contributed by atoms with Crippen molar-refractivity contribution in [3.8, 4) is 11.8 Å². The van der Waals surface area contributed by atoms with Crippen LogP contribution in [0.25, 0.3) is 0 Å². The van der Waals surface area contributed by atoms with Crippen molar-refractivity contribution in [1.29, 1.82) is 5.26 Å². The molecule has 2 aromatic rings. The van der Waals surface area contributed by atoms with Gasteiger partial charge >= 0.3 is 0 Å². The largest absolute Gasteiger partial charge is 0.487 e. The van der Waals surface area contributed by atoms with Crippen LogP contribution < -0.4 is 10.5 Å². The van der Waals surface area contributed by atoms with E-state index in [0.717, 1.165) is 5.56 Å². The number of nitrogen functional groups attached to an aromatic ring is 1. The molecular weight excluding hydrogens is 248 g/mol. The first-order valence-corrected chi connectivity index (χ1v) is 5.74. The van der Waals surface area contributed by atoms with E-state index in [9.17, 15) is 0 Å². The Morgan fingerprint density at radius 1 is 1.22 bits per heavy atom. The minimum absolute atomic E-state index is 0.343. The highest BCUT2D eigenvalue weighted by Gasteiger charge is 2.04. The molecule has 3 nitrogen and oxygen atoms in total. The van der Waals surface area contributed by atoms with Crippen molar-refractivity contribution >= 4 is 17.3 Å². The molecule has 0 unspecified atom stereocenters. The number of ether oxygens (including phenoxy) is 1. The predicted molar refractivity (Wildman–Crippen MR) is 71.4 cm³/mol. The summed E-state index contributed by atoms with van der Waals surface area (Å²) >= 11 is 6.02. The zero-order valence-electron chi connectivity index (χ0n) is 9.56. The standard InChI is InChI=1S/C14H11ClN2O/c15-12-4-2-1-3-11(12)9-18-14-6-5-10(8-16)7-13(14)17/h1-7H,9,17H2. The van der Waals surface area contributed by atoms with Crippen molar-refractivity contribution in [2.24, 2.45) is 0 Å². The monoisotopic (exact) mass is 258 g/mol. The number of nitrogens with zero attached hydrogens (tertiary/aromatic N) is 1. The summed E-state index contributed by atoms with van der Waals surface area (Å²) in [6, 6.07) is 14.4. The molecule has 0 amide bonds. The fraction of sp³-hybridized carbons (Fsp3) is 0.0714. The number of rotatable bonds is 3. The summed E-state index contributed by atoms with van der Waals surface area (Å²) in [7, 11) is 0. The van der Waals surface area contributed by atoms with Crippen molar-refractivity contribution in [2.75, 3.05) is 5.73 Å². The highest BCUT2D eigenvalue weighted by Crippen LogP contribution is 2.24. The molecule has 90 valence electrons. The number of hydrogen-bond donors (Lipinski definition) is 1. The quantitative estimate of drug-likeness (QED) is 0.859. The fourth-order valence-electron chi connectivity index (χ4n) is 1.52. The van der Waals surface area contributed by atoms with E-state index in [-0.39, 0.29) is 0 Å². The van der Waals surface area contributed by atoms with Gasteiger partial charge in [0.2, 0.25) is 0 Å². The summed E-state index contributed by atoms with van der Waals surface area (Å²) in [5, 5.41) is 9.39. The molecule has 0 radical (unpaired) electrons. The number of halogens is 1. The SMILES string of the molecule is N#Cc1ccc(OCc2ccccc2Cl)c(N)c1. The Morgan fingerprint density at radius 2 is 2.00 bits per heavy atom. The Bertz CT molecular complexity index is 605. The van der Waals surface area contributed by atoms with Gasteiger partial charge in [0.25, 0.3) is 0 Å². The summed E-state index contributed by atoms with van der Waals surface area (Å²) in [6.45, 7) is 0.343. The van der Waals surface area contributed by atoms with E-state index < -0.39 is 0 Å². The van der Waals surface area contributed by atoms with Crippen LogP contribution in [0.1, 0.15) is 11.1 Å². The normalized spacial score (nSPS) is 9.78. The van der Waals surface area contributed by atoms with Gasteiger partial charge in [-0.25, -0.2) is 0 Å². The van der Waals surface area contributed by atoms with E-state index in [4.69, 9.17) is 27.3 Å². The molecule has 0 saturated carbocycles. The van der Waals surface area contributed by atoms with Gasteiger partial charge in [0.15, 0.2) is 0 Å². The molecular formula is C14H11ClN2O. The van der Waals surface area contributed by atoms with Crippen LogP contribution in [-0.2, 0) is 6.61 Å². The zero-order chi connectivity index (χ0) is 13.0. The maximum atomic E-state index is 8.73. The van der Waals surface area contributed by atoms with Gasteiger partial charge in [-0.3, -0.25) is 0 Å². The third kappa shape index (κ3) is 2.73. The highest BCUT2D eigenvalue weighted by molar-refractivity contribution is 6.31. The average Bonchev–Trinajstić information content (AvgIpc) is 2.39. The van der Waals surface area contributed by atoms with Gasteiger partial charge in [-0.05, 0) is 24.3 Å². The first-order chi connectivity index (χ1) is 8.70. The molecule has 4 heteroatoms. The Morgan fingerprint density at radius 3 is 2.67 bits per heavy atom. The molecule has 0 aromatic heterocycles. The first-order valence-electron chi connectivity index (χ1n) is 5.36. The van der Waals surface area contributed by atoms with E-state index in [1.807, 2.05) is 30.3 Å². The van der Waals surface area contributed by atoms with Crippen LogP contribution in [-0.4, -0.2) is 0 Å². The molecule has 0 aliphatic rings. The van der Waals surface area contributed by atoms with Crippen molar-refractivity contribution in [2.45, 2.75) is 6.61 Å². The number of hydrogen-bond acceptors (Lipinski definition) is 3. The summed E-state index contributed by atoms with van der Waals surface area (Å²) in [5.74, 6) is 0.550. The smallest absolute Gasteiger partial charge is 0.142 e. The van der Waals surface area contributed by atoms with Crippen LogP contribution in [0.15, 0.2) is 42.5 Å². The lowest BCUT2D eigenvalue weighted by Gasteiger charge is -2.09. The van der Waals surface area contributed by atoms with E-state index >= 15 is 0 Å². The first kappa shape index (κ1) is 12.3. The Kier molecular flexibility index (Phi) is 3.71. The molecule has 0 atom stereocenters. The minimum Gasteiger partial charge on any atom is -0.487 e. The van der Waals surface area contributed by atoms with Crippen LogP contribution in [0.4, 0.5) is 5.69 Å². The third-order valence-electron chi connectivity index (χ3n) is 2.48. The molecule has 2 rings (SSSR count). The van der Waals surface area contributed by atoms with Gasteiger partial charge in [0, 0.05) is 10.6 Å². The lowest BCUT2D eigenvalue weighted by atomic mass is 10.2. The molecule has 0 spiro atoms. The Hall–Kier alpha value is -2.18. The van der Waals surface area contributed by atoms with Gasteiger partial charge in [-0.2, -0.15) is 5.26 Å². The van der Waals surface area contributed by atoms with Crippen LogP contribution in [0.2, 0.25) is 5.02 Å². The molecule has 0 fully saturated rings. The van der Waals surface area contributed by atoms with Crippen molar-refractivity contribution in [3.05, 3.63) is 58.6 Å². The predicted octanol–water partition coefficient (Wildman–Crippen LogP) is 3.37. The van der Waals surface area contributed by atoms with Crippen LogP contribution in [0.3, 0.4) is 0 Å². The lowest BCUT2D eigenvalue weighted by molar-refractivity contribution is 0.308. The highest BCUT2D eigenvalue weighted by atomic mass is 35.5. The second-order valence-corrected chi connectivity index (χ2v) is 4.15. The topological polar surface area (TPSA) is 59.0 Å². The van der Waals surface area contributed by atoms with E-state index in [2.05, 4.69) is 0 Å². The molecule has 2 aromatic carbocycles. The van der Waals surface area contributed by atoms with Crippen molar-refractivity contribution in [3.63, 3.8) is 0 Å². The molecule has 2 N–H and O–H groups in total. The fourth-order valence-corrected chi connectivity index (χ4v) is 1.71. The van der Waals surface area contributed by atoms with Crippen LogP contribution >= 0.6 is 11.6 Å². The van der Waals surface area contributed by atoms with Gasteiger partial charge < -0.3 is 10.5 Å². The Balaban J connectivity index is 2.12. The van der Waals surface area contributed by atoms with E-state index in [1.54, 1.807) is 18.2 Å². The van der Waals surface area contributed by atoms with E-state index in [0.29, 0.717) is 28.6 Å². The summed E-state index contributed by atoms with van der Waals surface area (Å²) in [4.78, 5) is 0. The van der Waals surface area contributed by atoms with Gasteiger partial charge in [-0.1, -0.05) is 29.8 Å². The molecule has 0 bridgehead atoms. The minimum atomic E-state index is 0.343. The number of anilines is 1. The second kappa shape index (κ2) is 5.44. The maximum Gasteiger partial charge on any atom is 0.142 e.